The summed E-state index contributed by atoms with van der Waals surface area (Å²) in [6.45, 7) is 2.67. The van der Waals surface area contributed by atoms with Gasteiger partial charge < -0.3 is 10.1 Å². The Morgan fingerprint density at radius 3 is 2.71 bits per heavy atom. The van der Waals surface area contributed by atoms with Gasteiger partial charge in [0.1, 0.15) is 5.82 Å². The number of aryl methyl sites for hydroxylation is 2. The van der Waals surface area contributed by atoms with Gasteiger partial charge in [-0.2, -0.15) is 0 Å². The molecule has 0 fully saturated rings. The molecule has 7 heteroatoms. The summed E-state index contributed by atoms with van der Waals surface area (Å²) in [5.41, 5.74) is 2.79. The number of nitrogens with one attached hydrogen (secondary N) is 1. The Balaban J connectivity index is 1.41. The standard InChI is InChI=1S/C24H25N3O4/c1-16-6-8-17(9-7-16)14-25-22(28)15-31-24(30)18-10-11-19-20(13-18)26-21-5-3-2-4-12-27(21)23(19)29/h6-11,13H,2-5,12,14-15H2,1H3,(H,25,28). The van der Waals surface area contributed by atoms with E-state index in [0.29, 0.717) is 24.0 Å². The predicted molar refractivity (Wildman–Crippen MR) is 117 cm³/mol. The van der Waals surface area contributed by atoms with Crippen LogP contribution in [0, 0.1) is 6.92 Å². The zero-order chi connectivity index (χ0) is 21.8. The molecule has 0 saturated carbocycles. The van der Waals surface area contributed by atoms with Gasteiger partial charge in [0.25, 0.3) is 11.5 Å². The Hall–Kier alpha value is -3.48. The molecule has 3 aromatic rings. The van der Waals surface area contributed by atoms with Crippen LogP contribution in [0.5, 0.6) is 0 Å². The summed E-state index contributed by atoms with van der Waals surface area (Å²) in [5.74, 6) is -0.239. The molecule has 1 aromatic heterocycles. The minimum absolute atomic E-state index is 0.0719. The van der Waals surface area contributed by atoms with Crippen LogP contribution in [0.1, 0.15) is 46.6 Å². The molecule has 31 heavy (non-hydrogen) atoms. The Morgan fingerprint density at radius 2 is 1.90 bits per heavy atom. The van der Waals surface area contributed by atoms with Gasteiger partial charge in [0.2, 0.25) is 0 Å². The van der Waals surface area contributed by atoms with Gasteiger partial charge in [-0.05, 0) is 43.5 Å². The lowest BCUT2D eigenvalue weighted by atomic mass is 10.1. The smallest absolute Gasteiger partial charge is 0.338 e. The number of benzene rings is 2. The fourth-order valence-electron chi connectivity index (χ4n) is 3.72. The third kappa shape index (κ3) is 4.82. The lowest BCUT2D eigenvalue weighted by Gasteiger charge is -2.11. The summed E-state index contributed by atoms with van der Waals surface area (Å²) >= 11 is 0. The van der Waals surface area contributed by atoms with E-state index >= 15 is 0 Å². The summed E-state index contributed by atoms with van der Waals surface area (Å²) in [5, 5.41) is 3.21. The van der Waals surface area contributed by atoms with Gasteiger partial charge >= 0.3 is 5.97 Å². The molecule has 4 rings (SSSR count). The van der Waals surface area contributed by atoms with Crippen LogP contribution in [0.4, 0.5) is 0 Å². The van der Waals surface area contributed by atoms with Gasteiger partial charge in [-0.1, -0.05) is 36.2 Å². The van der Waals surface area contributed by atoms with Gasteiger partial charge in [-0.3, -0.25) is 14.2 Å². The minimum atomic E-state index is -0.621. The van der Waals surface area contributed by atoms with Crippen molar-refractivity contribution in [3.63, 3.8) is 0 Å². The number of ether oxygens (including phenoxy) is 1. The molecule has 7 nitrogen and oxygen atoms in total. The number of fused-ring (bicyclic) bond motifs is 2. The van der Waals surface area contributed by atoms with Crippen LogP contribution in [-0.4, -0.2) is 28.0 Å². The topological polar surface area (TPSA) is 90.3 Å². The molecule has 1 N–H and O–H groups in total. The Bertz CT molecular complexity index is 1180. The first-order valence-corrected chi connectivity index (χ1v) is 10.5. The second-order valence-electron chi connectivity index (χ2n) is 7.87. The maximum Gasteiger partial charge on any atom is 0.338 e. The van der Waals surface area contributed by atoms with Crippen LogP contribution in [0.25, 0.3) is 10.9 Å². The third-order valence-corrected chi connectivity index (χ3v) is 5.50. The van der Waals surface area contributed by atoms with Crippen LogP contribution in [0.15, 0.2) is 47.3 Å². The predicted octanol–water partition coefficient (Wildman–Crippen LogP) is 2.90. The summed E-state index contributed by atoms with van der Waals surface area (Å²) < 4.78 is 6.89. The first kappa shape index (κ1) is 20.8. The molecule has 0 bridgehead atoms. The highest BCUT2D eigenvalue weighted by Crippen LogP contribution is 2.17. The number of esters is 1. The van der Waals surface area contributed by atoms with Gasteiger partial charge in [0.15, 0.2) is 6.61 Å². The molecular weight excluding hydrogens is 394 g/mol. The number of amides is 1. The maximum absolute atomic E-state index is 12.8. The molecule has 1 aliphatic rings. The molecule has 0 unspecified atom stereocenters. The Kier molecular flexibility index (Phi) is 6.11. The van der Waals surface area contributed by atoms with E-state index in [4.69, 9.17) is 4.74 Å². The molecule has 0 atom stereocenters. The summed E-state index contributed by atoms with van der Waals surface area (Å²) in [6, 6.07) is 12.5. The quantitative estimate of drug-likeness (QED) is 0.642. The zero-order valence-corrected chi connectivity index (χ0v) is 17.5. The highest BCUT2D eigenvalue weighted by atomic mass is 16.5. The maximum atomic E-state index is 12.8. The summed E-state index contributed by atoms with van der Waals surface area (Å²) in [6.07, 6.45) is 3.79. The van der Waals surface area contributed by atoms with Crippen LogP contribution >= 0.6 is 0 Å². The number of aromatic nitrogens is 2. The third-order valence-electron chi connectivity index (χ3n) is 5.50. The van der Waals surface area contributed by atoms with E-state index in [9.17, 15) is 14.4 Å². The first-order chi connectivity index (χ1) is 15.0. The van der Waals surface area contributed by atoms with Crippen molar-refractivity contribution in [1.29, 1.82) is 0 Å². The molecule has 1 amide bonds. The van der Waals surface area contributed by atoms with E-state index in [1.165, 1.54) is 0 Å². The molecule has 0 radical (unpaired) electrons. The number of hydrogen-bond acceptors (Lipinski definition) is 5. The number of hydrogen-bond donors (Lipinski definition) is 1. The lowest BCUT2D eigenvalue weighted by molar-refractivity contribution is -0.124. The van der Waals surface area contributed by atoms with E-state index in [0.717, 1.165) is 42.6 Å². The van der Waals surface area contributed by atoms with Crippen molar-refractivity contribution in [1.82, 2.24) is 14.9 Å². The molecule has 2 heterocycles. The highest BCUT2D eigenvalue weighted by molar-refractivity contribution is 5.95. The van der Waals surface area contributed by atoms with Crippen molar-refractivity contribution in [2.45, 2.75) is 45.7 Å². The van der Waals surface area contributed by atoms with Gasteiger partial charge in [0, 0.05) is 19.5 Å². The monoisotopic (exact) mass is 419 g/mol. The average Bonchev–Trinajstić information content (AvgIpc) is 3.02. The van der Waals surface area contributed by atoms with Crippen molar-refractivity contribution < 1.29 is 14.3 Å². The van der Waals surface area contributed by atoms with Crippen molar-refractivity contribution >= 4 is 22.8 Å². The first-order valence-electron chi connectivity index (χ1n) is 10.5. The normalized spacial score (nSPS) is 13.3. The summed E-state index contributed by atoms with van der Waals surface area (Å²) in [7, 11) is 0. The molecule has 1 aliphatic heterocycles. The molecule has 2 aromatic carbocycles. The van der Waals surface area contributed by atoms with Crippen molar-refractivity contribution in [3.05, 3.63) is 75.3 Å². The number of carbonyl (C=O) groups is 2. The molecular formula is C24H25N3O4. The molecule has 0 aliphatic carbocycles. The van der Waals surface area contributed by atoms with Gasteiger partial charge in [0.05, 0.1) is 16.5 Å². The van der Waals surface area contributed by atoms with Crippen molar-refractivity contribution in [3.8, 4) is 0 Å². The van der Waals surface area contributed by atoms with E-state index in [-0.39, 0.29) is 23.6 Å². The van der Waals surface area contributed by atoms with Crippen LogP contribution in [-0.2, 0) is 29.0 Å². The minimum Gasteiger partial charge on any atom is -0.452 e. The number of carbonyl (C=O) groups excluding carboxylic acids is 2. The second-order valence-corrected chi connectivity index (χ2v) is 7.87. The summed E-state index contributed by atoms with van der Waals surface area (Å²) in [4.78, 5) is 41.8. The second kappa shape index (κ2) is 9.12. The van der Waals surface area contributed by atoms with E-state index < -0.39 is 5.97 Å². The van der Waals surface area contributed by atoms with Gasteiger partial charge in [-0.15, -0.1) is 0 Å². The number of rotatable bonds is 5. The van der Waals surface area contributed by atoms with E-state index in [1.807, 2.05) is 31.2 Å². The Morgan fingerprint density at radius 1 is 1.10 bits per heavy atom. The fraction of sp³-hybridized carbons (Fsp3) is 0.333. The van der Waals surface area contributed by atoms with E-state index in [2.05, 4.69) is 10.3 Å². The average molecular weight is 419 g/mol. The van der Waals surface area contributed by atoms with Crippen molar-refractivity contribution in [2.24, 2.45) is 0 Å². The highest BCUT2D eigenvalue weighted by Gasteiger charge is 2.16. The zero-order valence-electron chi connectivity index (χ0n) is 17.5. The Labute approximate surface area is 180 Å². The van der Waals surface area contributed by atoms with Crippen LogP contribution in [0.3, 0.4) is 0 Å². The molecule has 0 saturated heterocycles. The van der Waals surface area contributed by atoms with E-state index in [1.54, 1.807) is 22.8 Å². The van der Waals surface area contributed by atoms with Crippen LogP contribution < -0.4 is 10.9 Å². The largest absolute Gasteiger partial charge is 0.452 e. The van der Waals surface area contributed by atoms with Crippen LogP contribution in [0.2, 0.25) is 0 Å². The fourth-order valence-corrected chi connectivity index (χ4v) is 3.72. The SMILES string of the molecule is Cc1ccc(CNC(=O)COC(=O)c2ccc3c(=O)n4c(nc3c2)CCCCC4)cc1. The lowest BCUT2D eigenvalue weighted by Crippen LogP contribution is -2.28. The van der Waals surface area contributed by atoms with Gasteiger partial charge in [-0.25, -0.2) is 9.78 Å². The molecule has 160 valence electrons. The molecule has 0 spiro atoms. The number of nitrogens with zero attached hydrogens (tertiary/aromatic N) is 2. The van der Waals surface area contributed by atoms with Crippen molar-refractivity contribution in [2.75, 3.05) is 6.61 Å².